The van der Waals surface area contributed by atoms with Crippen molar-refractivity contribution in [3.63, 3.8) is 0 Å². The van der Waals surface area contributed by atoms with Gasteiger partial charge in [0.25, 0.3) is 0 Å². The van der Waals surface area contributed by atoms with Gasteiger partial charge in [-0.3, -0.25) is 4.79 Å². The summed E-state index contributed by atoms with van der Waals surface area (Å²) in [5, 5.41) is 7.53. The fourth-order valence-electron chi connectivity index (χ4n) is 3.83. The average Bonchev–Trinajstić information content (AvgIpc) is 3.07. The third-order valence-corrected chi connectivity index (χ3v) is 7.43. The van der Waals surface area contributed by atoms with Crippen LogP contribution in [0.2, 0.25) is 0 Å². The zero-order valence-corrected chi connectivity index (χ0v) is 16.1. The van der Waals surface area contributed by atoms with Crippen LogP contribution in [0.25, 0.3) is 0 Å². The summed E-state index contributed by atoms with van der Waals surface area (Å²) in [6.07, 6.45) is 0.885. The van der Waals surface area contributed by atoms with Crippen molar-refractivity contribution >= 4 is 37.5 Å². The van der Waals surface area contributed by atoms with Crippen LogP contribution in [0.1, 0.15) is 41.6 Å². The third kappa shape index (κ3) is 2.91. The lowest BCUT2D eigenvalue weighted by atomic mass is 9.86. The van der Waals surface area contributed by atoms with E-state index in [4.69, 9.17) is 0 Å². The van der Waals surface area contributed by atoms with Crippen molar-refractivity contribution in [2.75, 3.05) is 16.8 Å². The fraction of sp³-hybridized carbons (Fsp3) is 0.412. The predicted molar refractivity (Wildman–Crippen MR) is 98.5 cm³/mol. The number of benzene rings is 1. The van der Waals surface area contributed by atoms with Crippen molar-refractivity contribution in [3.05, 3.63) is 45.6 Å². The van der Waals surface area contributed by atoms with Gasteiger partial charge < -0.3 is 5.32 Å². The van der Waals surface area contributed by atoms with Crippen molar-refractivity contribution in [3.8, 4) is 0 Å². The molecule has 8 heteroatoms. The molecule has 2 aromatic rings. The second-order valence-electron chi connectivity index (χ2n) is 6.68. The maximum absolute atomic E-state index is 12.3. The molecular weight excluding hydrogens is 406 g/mol. The molecular formula is C17H18BrN3O3S. The molecule has 25 heavy (non-hydrogen) atoms. The second kappa shape index (κ2) is 5.95. The number of aryl methyl sites for hydroxylation is 1. The summed E-state index contributed by atoms with van der Waals surface area (Å²) in [7, 11) is -3.03. The van der Waals surface area contributed by atoms with Crippen LogP contribution >= 0.6 is 15.9 Å². The lowest BCUT2D eigenvalue weighted by Crippen LogP contribution is -2.26. The SMILES string of the molecule is Cc1nn(C2CCS(=O)(=O)C2)c2c1C(c1ccccc1Br)CC(=O)N2. The molecule has 0 aliphatic carbocycles. The Labute approximate surface area is 154 Å². The zero-order valence-electron chi connectivity index (χ0n) is 13.7. The summed E-state index contributed by atoms with van der Waals surface area (Å²) < 4.78 is 26.4. The highest BCUT2D eigenvalue weighted by atomic mass is 79.9. The normalized spacial score (nSPS) is 24.8. The molecule has 0 radical (unpaired) electrons. The number of carbonyl (C=O) groups is 1. The first kappa shape index (κ1) is 16.8. The van der Waals surface area contributed by atoms with E-state index in [1.807, 2.05) is 31.2 Å². The lowest BCUT2D eigenvalue weighted by molar-refractivity contribution is -0.116. The number of amides is 1. The number of rotatable bonds is 2. The van der Waals surface area contributed by atoms with Crippen molar-refractivity contribution in [2.45, 2.75) is 31.7 Å². The number of nitrogens with zero attached hydrogens (tertiary/aromatic N) is 2. The molecule has 0 spiro atoms. The summed E-state index contributed by atoms with van der Waals surface area (Å²) in [5.41, 5.74) is 2.86. The molecule has 1 aromatic carbocycles. The topological polar surface area (TPSA) is 81.1 Å². The number of hydrogen-bond acceptors (Lipinski definition) is 4. The predicted octanol–water partition coefficient (Wildman–Crippen LogP) is 2.79. The lowest BCUT2D eigenvalue weighted by Gasteiger charge is -2.26. The number of anilines is 1. The summed E-state index contributed by atoms with van der Waals surface area (Å²) in [4.78, 5) is 12.3. The number of hydrogen-bond donors (Lipinski definition) is 1. The van der Waals surface area contributed by atoms with E-state index in [0.29, 0.717) is 18.7 Å². The molecule has 3 heterocycles. The smallest absolute Gasteiger partial charge is 0.226 e. The van der Waals surface area contributed by atoms with E-state index in [0.717, 1.165) is 21.3 Å². The van der Waals surface area contributed by atoms with E-state index in [2.05, 4.69) is 26.3 Å². The van der Waals surface area contributed by atoms with Crippen molar-refractivity contribution in [1.82, 2.24) is 9.78 Å². The van der Waals surface area contributed by atoms with E-state index >= 15 is 0 Å². The highest BCUT2D eigenvalue weighted by Gasteiger charge is 2.37. The zero-order chi connectivity index (χ0) is 17.8. The van der Waals surface area contributed by atoms with Gasteiger partial charge >= 0.3 is 0 Å². The molecule has 6 nitrogen and oxygen atoms in total. The standard InChI is InChI=1S/C17H18BrN3O3S/c1-10-16-13(12-4-2-3-5-14(12)18)8-15(22)19-17(16)21(20-10)11-6-7-25(23,24)9-11/h2-5,11,13H,6-9H2,1H3,(H,19,22). The minimum Gasteiger partial charge on any atom is -0.311 e. The number of sulfone groups is 1. The molecule has 0 saturated carbocycles. The van der Waals surface area contributed by atoms with Gasteiger partial charge in [-0.1, -0.05) is 34.1 Å². The van der Waals surface area contributed by atoms with Crippen LogP contribution in [-0.2, 0) is 14.6 Å². The van der Waals surface area contributed by atoms with Gasteiger partial charge in [0.2, 0.25) is 5.91 Å². The summed E-state index contributed by atoms with van der Waals surface area (Å²) in [5.74, 6) is 0.737. The highest BCUT2D eigenvalue weighted by molar-refractivity contribution is 9.10. The monoisotopic (exact) mass is 423 g/mol. The first-order valence-electron chi connectivity index (χ1n) is 8.19. The maximum Gasteiger partial charge on any atom is 0.226 e. The van der Waals surface area contributed by atoms with Crippen LogP contribution in [-0.4, -0.2) is 35.6 Å². The van der Waals surface area contributed by atoms with Gasteiger partial charge in [-0.25, -0.2) is 13.1 Å². The van der Waals surface area contributed by atoms with Crippen LogP contribution in [0.3, 0.4) is 0 Å². The Hall–Kier alpha value is -1.67. The fourth-order valence-corrected chi connectivity index (χ4v) is 6.08. The molecule has 0 bridgehead atoms. The van der Waals surface area contributed by atoms with Crippen LogP contribution in [0.5, 0.6) is 0 Å². The molecule has 2 aliphatic rings. The first-order chi connectivity index (χ1) is 11.9. The number of halogens is 1. The minimum atomic E-state index is -3.03. The van der Waals surface area contributed by atoms with Crippen LogP contribution in [0, 0.1) is 6.92 Å². The van der Waals surface area contributed by atoms with Gasteiger partial charge in [-0.2, -0.15) is 5.10 Å². The molecule has 2 atom stereocenters. The third-order valence-electron chi connectivity index (χ3n) is 4.96. The van der Waals surface area contributed by atoms with Crippen molar-refractivity contribution < 1.29 is 13.2 Å². The van der Waals surface area contributed by atoms with Gasteiger partial charge in [0.1, 0.15) is 5.82 Å². The minimum absolute atomic E-state index is 0.0738. The maximum atomic E-state index is 12.3. The van der Waals surface area contributed by atoms with Gasteiger partial charge in [0.05, 0.1) is 23.2 Å². The number of aromatic nitrogens is 2. The van der Waals surface area contributed by atoms with Gasteiger partial charge in [-0.05, 0) is 25.0 Å². The molecule has 1 amide bonds. The molecule has 1 saturated heterocycles. The van der Waals surface area contributed by atoms with Crippen LogP contribution in [0.15, 0.2) is 28.7 Å². The molecule has 2 unspecified atom stereocenters. The highest BCUT2D eigenvalue weighted by Crippen LogP contribution is 2.43. The van der Waals surface area contributed by atoms with Crippen LogP contribution < -0.4 is 5.32 Å². The molecule has 4 rings (SSSR count). The Morgan fingerprint density at radius 1 is 1.32 bits per heavy atom. The Kier molecular flexibility index (Phi) is 3.99. The van der Waals surface area contributed by atoms with Gasteiger partial charge in [0, 0.05) is 22.4 Å². The molecule has 2 aliphatic heterocycles. The Morgan fingerprint density at radius 3 is 2.76 bits per heavy atom. The van der Waals surface area contributed by atoms with Crippen molar-refractivity contribution in [2.24, 2.45) is 0 Å². The van der Waals surface area contributed by atoms with Crippen molar-refractivity contribution in [1.29, 1.82) is 0 Å². The average molecular weight is 424 g/mol. The summed E-state index contributed by atoms with van der Waals surface area (Å²) in [6, 6.07) is 7.65. The number of fused-ring (bicyclic) bond motifs is 1. The molecule has 1 fully saturated rings. The van der Waals surface area contributed by atoms with E-state index in [-0.39, 0.29) is 29.4 Å². The summed E-state index contributed by atoms with van der Waals surface area (Å²) in [6.45, 7) is 1.92. The van der Waals surface area contributed by atoms with Crippen LogP contribution in [0.4, 0.5) is 5.82 Å². The molecule has 1 aromatic heterocycles. The van der Waals surface area contributed by atoms with E-state index in [9.17, 15) is 13.2 Å². The van der Waals surface area contributed by atoms with Gasteiger partial charge in [0.15, 0.2) is 9.84 Å². The molecule has 132 valence electrons. The van der Waals surface area contributed by atoms with E-state index < -0.39 is 9.84 Å². The van der Waals surface area contributed by atoms with Gasteiger partial charge in [-0.15, -0.1) is 0 Å². The first-order valence-corrected chi connectivity index (χ1v) is 10.8. The number of nitrogens with one attached hydrogen (secondary N) is 1. The Bertz CT molecular complexity index is 968. The number of carbonyl (C=O) groups excluding carboxylic acids is 1. The quantitative estimate of drug-likeness (QED) is 0.804. The Balaban J connectivity index is 1.83. The second-order valence-corrected chi connectivity index (χ2v) is 9.76. The van der Waals surface area contributed by atoms with E-state index in [1.54, 1.807) is 4.68 Å². The molecule has 1 N–H and O–H groups in total. The summed E-state index contributed by atoms with van der Waals surface area (Å²) >= 11 is 3.58. The Morgan fingerprint density at radius 2 is 2.08 bits per heavy atom. The van der Waals surface area contributed by atoms with E-state index in [1.165, 1.54) is 0 Å². The largest absolute Gasteiger partial charge is 0.311 e.